The second-order valence-corrected chi connectivity index (χ2v) is 14.5. The number of alkyl halides is 1. The molecule has 48 heavy (non-hydrogen) atoms. The van der Waals surface area contributed by atoms with E-state index in [1.165, 1.54) is 24.7 Å². The highest BCUT2D eigenvalue weighted by atomic mass is 31.2. The number of benzene rings is 2. The predicted octanol–water partition coefficient (Wildman–Crippen LogP) is 4.43. The Hall–Kier alpha value is -3.88. The number of fused-ring (bicyclic) bond motifs is 2. The van der Waals surface area contributed by atoms with Crippen molar-refractivity contribution < 1.29 is 37.4 Å². The van der Waals surface area contributed by atoms with Gasteiger partial charge >= 0.3 is 13.7 Å². The van der Waals surface area contributed by atoms with E-state index in [9.17, 15) is 14.5 Å². The summed E-state index contributed by atoms with van der Waals surface area (Å²) in [6, 6.07) is 11.5. The van der Waals surface area contributed by atoms with Crippen molar-refractivity contribution in [1.29, 1.82) is 0 Å². The first-order valence-corrected chi connectivity index (χ1v) is 17.7. The van der Waals surface area contributed by atoms with E-state index in [2.05, 4.69) is 20.0 Å². The molecule has 6 atom stereocenters. The maximum Gasteiger partial charge on any atom is 0.459 e. The third kappa shape index (κ3) is 6.21. The van der Waals surface area contributed by atoms with Crippen LogP contribution in [0.5, 0.6) is 5.75 Å². The Kier molecular flexibility index (Phi) is 8.75. The number of nitrogens with two attached hydrogens (primary N) is 1. The Bertz CT molecular complexity index is 1860. The zero-order chi connectivity index (χ0) is 33.6. The second-order valence-electron chi connectivity index (χ2n) is 12.8. The van der Waals surface area contributed by atoms with Crippen molar-refractivity contribution >= 4 is 47.4 Å². The molecule has 14 nitrogen and oxygen atoms in total. The number of hydrogen-bond acceptors (Lipinski definition) is 12. The van der Waals surface area contributed by atoms with Gasteiger partial charge in [-0.1, -0.05) is 36.4 Å². The first-order valence-electron chi connectivity index (χ1n) is 16.2. The average Bonchev–Trinajstić information content (AvgIpc) is 3.74. The first kappa shape index (κ1) is 32.7. The Morgan fingerprint density at radius 3 is 2.69 bits per heavy atom. The molecule has 4 N–H and O–H groups in total. The van der Waals surface area contributed by atoms with Gasteiger partial charge in [0.15, 0.2) is 29.4 Å². The monoisotopic (exact) mass is 683 g/mol. The molecule has 4 aromatic rings. The smallest absolute Gasteiger partial charge is 0.459 e. The molecule has 0 bridgehead atoms. The van der Waals surface area contributed by atoms with Crippen LogP contribution in [0, 0.1) is 0 Å². The van der Waals surface area contributed by atoms with Crippen LogP contribution in [0.15, 0.2) is 48.8 Å². The molecule has 2 aromatic heterocycles. The van der Waals surface area contributed by atoms with Crippen molar-refractivity contribution in [2.24, 2.45) is 0 Å². The fraction of sp³-hybridized carbons (Fsp3) is 0.500. The van der Waals surface area contributed by atoms with Gasteiger partial charge in [0.05, 0.1) is 12.9 Å². The van der Waals surface area contributed by atoms with Crippen LogP contribution < -0.4 is 20.2 Å². The Morgan fingerprint density at radius 1 is 1.19 bits per heavy atom. The van der Waals surface area contributed by atoms with Gasteiger partial charge in [0, 0.05) is 18.5 Å². The van der Waals surface area contributed by atoms with Crippen LogP contribution in [0.1, 0.15) is 52.2 Å². The summed E-state index contributed by atoms with van der Waals surface area (Å²) in [5.41, 5.74) is 4.65. The van der Waals surface area contributed by atoms with Gasteiger partial charge in [-0.25, -0.2) is 13.9 Å². The molecule has 7 rings (SSSR count). The van der Waals surface area contributed by atoms with E-state index in [0.717, 1.165) is 50.6 Å². The number of nitrogens with one attached hydrogen (secondary N) is 1. The highest BCUT2D eigenvalue weighted by Crippen LogP contribution is 2.49. The molecular formula is C32H39FN7O7P. The van der Waals surface area contributed by atoms with Crippen LogP contribution >= 0.6 is 7.75 Å². The van der Waals surface area contributed by atoms with Gasteiger partial charge in [0.25, 0.3) is 0 Å². The number of carbonyl (C=O) groups excluding carboxylic acids is 1. The fourth-order valence-electron chi connectivity index (χ4n) is 6.42. The van der Waals surface area contributed by atoms with E-state index in [4.69, 9.17) is 24.3 Å². The number of aliphatic hydroxyl groups is 1. The summed E-state index contributed by atoms with van der Waals surface area (Å²) >= 11 is 0. The second kappa shape index (κ2) is 12.9. The summed E-state index contributed by atoms with van der Waals surface area (Å²) in [7, 11) is -4.40. The molecule has 2 aromatic carbocycles. The van der Waals surface area contributed by atoms with Gasteiger partial charge in [0.2, 0.25) is 5.95 Å². The van der Waals surface area contributed by atoms with E-state index in [1.54, 1.807) is 18.2 Å². The zero-order valence-corrected chi connectivity index (χ0v) is 27.6. The standard InChI is InChI=1S/C32H39FN7O7P/c1-19(29(41)45-21-11-4-5-12-21)38-48(43,47-23-14-7-10-20-9-3-6-13-22(20)23)44-17-24-26(33)32(2,42)30(46-24)40-18-35-25-27(39-15-8-16-39)36-31(34)37-28(25)40/h3,6-7,9-10,13-14,18-19,21,24,26,30,42H,4-5,8,11-12,15-17H2,1-2H3,(H,38,43)(H2,34,36,37)/t19-,24+,26+,30+,32+,48?/m0/s1. The maximum absolute atomic E-state index is 16.0. The topological polar surface area (TPSA) is 176 Å². The molecule has 16 heteroatoms. The molecule has 2 saturated heterocycles. The first-order chi connectivity index (χ1) is 23.0. The van der Waals surface area contributed by atoms with Crippen LogP contribution in [-0.2, 0) is 23.4 Å². The molecule has 2 aliphatic heterocycles. The van der Waals surface area contributed by atoms with Crippen LogP contribution in [0.3, 0.4) is 0 Å². The number of hydrogen-bond donors (Lipinski definition) is 3. The largest absolute Gasteiger partial charge is 0.461 e. The molecule has 0 spiro atoms. The average molecular weight is 684 g/mol. The number of nitrogens with zero attached hydrogens (tertiary/aromatic N) is 5. The van der Waals surface area contributed by atoms with E-state index >= 15 is 4.39 Å². The van der Waals surface area contributed by atoms with Crippen LogP contribution in [0.2, 0.25) is 0 Å². The Morgan fingerprint density at radius 2 is 1.94 bits per heavy atom. The summed E-state index contributed by atoms with van der Waals surface area (Å²) in [5.74, 6) is 0.171. The molecule has 1 aliphatic carbocycles. The third-order valence-corrected chi connectivity index (χ3v) is 10.8. The number of anilines is 2. The molecular weight excluding hydrogens is 644 g/mol. The lowest BCUT2D eigenvalue weighted by Gasteiger charge is -2.32. The van der Waals surface area contributed by atoms with Crippen molar-refractivity contribution in [1.82, 2.24) is 24.6 Å². The Labute approximate surface area is 276 Å². The molecule has 3 aliphatic rings. The number of imidazole rings is 1. The van der Waals surface area contributed by atoms with Crippen molar-refractivity contribution in [3.05, 3.63) is 48.8 Å². The van der Waals surface area contributed by atoms with Gasteiger partial charge in [0.1, 0.15) is 29.6 Å². The molecule has 0 radical (unpaired) electrons. The number of nitrogen functional groups attached to an aromatic ring is 1. The summed E-state index contributed by atoms with van der Waals surface area (Å²) in [4.78, 5) is 28.1. The molecule has 0 amide bonds. The van der Waals surface area contributed by atoms with Gasteiger partial charge in [-0.2, -0.15) is 15.1 Å². The third-order valence-electron chi connectivity index (χ3n) is 9.18. The molecule has 256 valence electrons. The number of esters is 1. The van der Waals surface area contributed by atoms with Gasteiger partial charge < -0.3 is 29.7 Å². The van der Waals surface area contributed by atoms with Crippen molar-refractivity contribution in [3.8, 4) is 5.75 Å². The molecule has 3 fully saturated rings. The van der Waals surface area contributed by atoms with Crippen molar-refractivity contribution in [2.75, 3.05) is 30.3 Å². The number of rotatable bonds is 11. The lowest BCUT2D eigenvalue weighted by Crippen LogP contribution is -2.42. The minimum Gasteiger partial charge on any atom is -0.461 e. The van der Waals surface area contributed by atoms with Crippen molar-refractivity contribution in [2.45, 2.75) is 82.2 Å². The van der Waals surface area contributed by atoms with E-state index in [0.29, 0.717) is 16.7 Å². The van der Waals surface area contributed by atoms with Crippen LogP contribution in [0.25, 0.3) is 21.9 Å². The summed E-state index contributed by atoms with van der Waals surface area (Å²) < 4.78 is 55.3. The zero-order valence-electron chi connectivity index (χ0n) is 26.7. The maximum atomic E-state index is 16.0. The molecule has 1 saturated carbocycles. The number of halogens is 1. The predicted molar refractivity (Wildman–Crippen MR) is 175 cm³/mol. The van der Waals surface area contributed by atoms with Crippen LogP contribution in [0.4, 0.5) is 16.2 Å². The minimum atomic E-state index is -4.40. The minimum absolute atomic E-state index is 0.00125. The number of aromatic nitrogens is 4. The normalized spacial score (nSPS) is 26.4. The highest BCUT2D eigenvalue weighted by molar-refractivity contribution is 7.52. The SMILES string of the molecule is C[C@H](NP(=O)(OC[C@H]1O[C@@H](n2cnc3c(N4CCC4)nc(N)nc32)[C@](C)(O)[C@@H]1F)Oc1cccc2ccccc12)C(=O)OC1CCCC1. The van der Waals surface area contributed by atoms with Gasteiger partial charge in [-0.15, -0.1) is 0 Å². The van der Waals surface area contributed by atoms with E-state index in [-0.39, 0.29) is 23.4 Å². The molecule has 1 unspecified atom stereocenters. The van der Waals surface area contributed by atoms with Crippen molar-refractivity contribution in [3.63, 3.8) is 0 Å². The van der Waals surface area contributed by atoms with Gasteiger partial charge in [-0.3, -0.25) is 13.9 Å². The lowest BCUT2D eigenvalue weighted by molar-refractivity contribution is -0.150. The van der Waals surface area contributed by atoms with E-state index < -0.39 is 50.5 Å². The Balaban J connectivity index is 1.13. The number of carbonyl (C=O) groups is 1. The number of ether oxygens (including phenoxy) is 2. The van der Waals surface area contributed by atoms with Gasteiger partial charge in [-0.05, 0) is 57.4 Å². The highest BCUT2D eigenvalue weighted by Gasteiger charge is 2.55. The fourth-order valence-corrected chi connectivity index (χ4v) is 7.94. The molecule has 4 heterocycles. The summed E-state index contributed by atoms with van der Waals surface area (Å²) in [6.07, 6.45) is 0.967. The van der Waals surface area contributed by atoms with E-state index in [1.807, 2.05) is 29.2 Å². The lowest BCUT2D eigenvalue weighted by atomic mass is 9.98. The quantitative estimate of drug-likeness (QED) is 0.150. The van der Waals surface area contributed by atoms with Crippen LogP contribution in [-0.4, -0.2) is 80.3 Å². The summed E-state index contributed by atoms with van der Waals surface area (Å²) in [5, 5.41) is 15.6. The summed E-state index contributed by atoms with van der Waals surface area (Å²) in [6.45, 7) is 3.76.